The predicted octanol–water partition coefficient (Wildman–Crippen LogP) is 2.85. The number of rotatable bonds is 7. The van der Waals surface area contributed by atoms with Crippen LogP contribution in [-0.2, 0) is 6.42 Å². The molecule has 3 aromatic rings. The minimum atomic E-state index is 0.182. The summed E-state index contributed by atoms with van der Waals surface area (Å²) in [5.41, 5.74) is 2.27. The maximum absolute atomic E-state index is 9.54. The molecule has 0 radical (unpaired) electrons. The first-order chi connectivity index (χ1) is 13.8. The normalized spacial score (nSPS) is 17.8. The molecule has 0 aliphatic carbocycles. The zero-order chi connectivity index (χ0) is 19.2. The van der Waals surface area contributed by atoms with Crippen molar-refractivity contribution in [3.05, 3.63) is 66.2 Å². The molecule has 1 aliphatic heterocycles. The molecule has 1 aliphatic rings. The van der Waals surface area contributed by atoms with Crippen molar-refractivity contribution in [3.63, 3.8) is 0 Å². The van der Waals surface area contributed by atoms with Crippen molar-refractivity contribution in [3.8, 4) is 11.5 Å². The van der Waals surface area contributed by atoms with Gasteiger partial charge in [-0.3, -0.25) is 4.90 Å². The molecule has 1 atom stereocenters. The molecule has 6 nitrogen and oxygen atoms in total. The van der Waals surface area contributed by atoms with E-state index in [1.807, 2.05) is 36.4 Å². The Balaban J connectivity index is 1.41. The van der Waals surface area contributed by atoms with E-state index in [-0.39, 0.29) is 12.6 Å². The zero-order valence-electron chi connectivity index (χ0n) is 15.9. The first-order valence-corrected chi connectivity index (χ1v) is 9.86. The number of hydrogen-bond donors (Lipinski definition) is 1. The summed E-state index contributed by atoms with van der Waals surface area (Å²) in [6.07, 6.45) is 1.76. The molecule has 28 heavy (non-hydrogen) atoms. The minimum Gasteiger partial charge on any atom is -0.396 e. The maximum atomic E-state index is 9.54. The highest BCUT2D eigenvalue weighted by atomic mass is 16.5. The molecule has 1 aromatic heterocycles. The average Bonchev–Trinajstić information content (AvgIpc) is 3.25. The van der Waals surface area contributed by atoms with Gasteiger partial charge in [0.15, 0.2) is 0 Å². The van der Waals surface area contributed by atoms with Gasteiger partial charge in [0.1, 0.15) is 0 Å². The van der Waals surface area contributed by atoms with E-state index in [4.69, 9.17) is 4.52 Å². The number of benzene rings is 2. The van der Waals surface area contributed by atoms with Crippen LogP contribution in [0.25, 0.3) is 11.5 Å². The molecule has 2 heterocycles. The van der Waals surface area contributed by atoms with Crippen molar-refractivity contribution in [1.29, 1.82) is 0 Å². The van der Waals surface area contributed by atoms with Gasteiger partial charge in [0.25, 0.3) is 11.8 Å². The van der Waals surface area contributed by atoms with Crippen LogP contribution in [0.1, 0.15) is 12.0 Å². The molecule has 4 rings (SSSR count). The van der Waals surface area contributed by atoms with E-state index >= 15 is 0 Å². The Morgan fingerprint density at radius 2 is 1.75 bits per heavy atom. The van der Waals surface area contributed by atoms with E-state index in [0.29, 0.717) is 11.8 Å². The van der Waals surface area contributed by atoms with Crippen molar-refractivity contribution in [2.75, 3.05) is 37.7 Å². The number of anilines is 1. The lowest BCUT2D eigenvalue weighted by Crippen LogP contribution is -2.54. The van der Waals surface area contributed by atoms with Gasteiger partial charge in [-0.1, -0.05) is 48.5 Å². The van der Waals surface area contributed by atoms with E-state index in [9.17, 15) is 5.11 Å². The molecule has 0 amide bonds. The monoisotopic (exact) mass is 378 g/mol. The van der Waals surface area contributed by atoms with Gasteiger partial charge in [-0.25, -0.2) is 0 Å². The number of aromatic nitrogens is 2. The SMILES string of the molecule is OCC[C@H]1CN(c2noc(-c3ccccc3)n2)CCN1CCc1ccccc1. The predicted molar refractivity (Wildman–Crippen MR) is 109 cm³/mol. The van der Waals surface area contributed by atoms with Crippen LogP contribution in [0.5, 0.6) is 0 Å². The molecule has 1 fully saturated rings. The van der Waals surface area contributed by atoms with E-state index in [1.54, 1.807) is 0 Å². The maximum Gasteiger partial charge on any atom is 0.266 e. The van der Waals surface area contributed by atoms with E-state index in [2.05, 4.69) is 44.2 Å². The number of piperazine rings is 1. The van der Waals surface area contributed by atoms with Gasteiger partial charge in [-0.15, -0.1) is 0 Å². The average molecular weight is 378 g/mol. The second-order valence-corrected chi connectivity index (χ2v) is 7.15. The van der Waals surface area contributed by atoms with Crippen LogP contribution < -0.4 is 4.90 Å². The van der Waals surface area contributed by atoms with Crippen molar-refractivity contribution in [2.45, 2.75) is 18.9 Å². The molecule has 146 valence electrons. The summed E-state index contributed by atoms with van der Waals surface area (Å²) in [7, 11) is 0. The van der Waals surface area contributed by atoms with Gasteiger partial charge in [-0.2, -0.15) is 4.98 Å². The lowest BCUT2D eigenvalue weighted by Gasteiger charge is -2.41. The Labute approximate surface area is 165 Å². The smallest absolute Gasteiger partial charge is 0.266 e. The fourth-order valence-electron chi connectivity index (χ4n) is 3.75. The summed E-state index contributed by atoms with van der Waals surface area (Å²) in [6.45, 7) is 3.74. The second-order valence-electron chi connectivity index (χ2n) is 7.15. The van der Waals surface area contributed by atoms with Crippen LogP contribution in [-0.4, -0.2) is 59.0 Å². The molecular weight excluding hydrogens is 352 g/mol. The molecule has 0 bridgehead atoms. The molecule has 0 unspecified atom stereocenters. The highest BCUT2D eigenvalue weighted by Gasteiger charge is 2.28. The van der Waals surface area contributed by atoms with Crippen molar-refractivity contribution >= 4 is 5.95 Å². The summed E-state index contributed by atoms with van der Waals surface area (Å²) in [5, 5.41) is 13.7. The lowest BCUT2D eigenvalue weighted by molar-refractivity contribution is 0.143. The largest absolute Gasteiger partial charge is 0.396 e. The topological polar surface area (TPSA) is 65.6 Å². The van der Waals surface area contributed by atoms with Crippen LogP contribution in [0.3, 0.4) is 0 Å². The van der Waals surface area contributed by atoms with Crippen molar-refractivity contribution < 1.29 is 9.63 Å². The lowest BCUT2D eigenvalue weighted by atomic mass is 10.1. The van der Waals surface area contributed by atoms with Gasteiger partial charge >= 0.3 is 0 Å². The van der Waals surface area contributed by atoms with Gasteiger partial charge < -0.3 is 14.5 Å². The van der Waals surface area contributed by atoms with E-state index in [1.165, 1.54) is 5.56 Å². The molecule has 1 saturated heterocycles. The Bertz CT molecular complexity index is 853. The highest BCUT2D eigenvalue weighted by molar-refractivity contribution is 5.54. The van der Waals surface area contributed by atoms with Gasteiger partial charge in [-0.05, 0) is 35.7 Å². The summed E-state index contributed by atoms with van der Waals surface area (Å²) in [4.78, 5) is 9.22. The quantitative estimate of drug-likeness (QED) is 0.682. The molecule has 2 aromatic carbocycles. The van der Waals surface area contributed by atoms with Crippen LogP contribution >= 0.6 is 0 Å². The Kier molecular flexibility index (Phi) is 5.99. The molecule has 6 heteroatoms. The summed E-state index contributed by atoms with van der Waals surface area (Å²) < 4.78 is 5.47. The molecule has 1 N–H and O–H groups in total. The molecule has 0 saturated carbocycles. The fourth-order valence-corrected chi connectivity index (χ4v) is 3.75. The summed E-state index contributed by atoms with van der Waals surface area (Å²) in [5.74, 6) is 1.17. The van der Waals surface area contributed by atoms with Gasteiger partial charge in [0.2, 0.25) is 0 Å². The van der Waals surface area contributed by atoms with Gasteiger partial charge in [0.05, 0.1) is 0 Å². The third-order valence-corrected chi connectivity index (χ3v) is 5.32. The third-order valence-electron chi connectivity index (χ3n) is 5.32. The number of hydrogen-bond acceptors (Lipinski definition) is 6. The first kappa shape index (κ1) is 18.7. The third kappa shape index (κ3) is 4.40. The van der Waals surface area contributed by atoms with Crippen LogP contribution in [0.4, 0.5) is 5.95 Å². The number of aliphatic hydroxyl groups is 1. The van der Waals surface area contributed by atoms with Crippen LogP contribution in [0.15, 0.2) is 65.2 Å². The molecule has 0 spiro atoms. The number of aliphatic hydroxyl groups excluding tert-OH is 1. The first-order valence-electron chi connectivity index (χ1n) is 9.86. The fraction of sp³-hybridized carbons (Fsp3) is 0.364. The van der Waals surface area contributed by atoms with Gasteiger partial charge in [0, 0.05) is 44.4 Å². The second kappa shape index (κ2) is 8.99. The van der Waals surface area contributed by atoms with Crippen LogP contribution in [0.2, 0.25) is 0 Å². The van der Waals surface area contributed by atoms with E-state index < -0.39 is 0 Å². The Morgan fingerprint density at radius 3 is 2.50 bits per heavy atom. The van der Waals surface area contributed by atoms with E-state index in [0.717, 1.165) is 44.6 Å². The zero-order valence-corrected chi connectivity index (χ0v) is 15.9. The highest BCUT2D eigenvalue weighted by Crippen LogP contribution is 2.23. The summed E-state index contributed by atoms with van der Waals surface area (Å²) in [6, 6.07) is 20.6. The Morgan fingerprint density at radius 1 is 1.00 bits per heavy atom. The number of nitrogens with zero attached hydrogens (tertiary/aromatic N) is 4. The standard InChI is InChI=1S/C22H26N4O2/c27-16-12-20-17-26(15-14-25(20)13-11-18-7-3-1-4-8-18)22-23-21(28-24-22)19-9-5-2-6-10-19/h1-10,20,27H,11-17H2/t20-/m0/s1. The van der Waals surface area contributed by atoms with Crippen LogP contribution in [0, 0.1) is 0 Å². The van der Waals surface area contributed by atoms with Crippen molar-refractivity contribution in [2.24, 2.45) is 0 Å². The molecular formula is C22H26N4O2. The Hall–Kier alpha value is -2.70. The van der Waals surface area contributed by atoms with Crippen molar-refractivity contribution in [1.82, 2.24) is 15.0 Å². The summed E-state index contributed by atoms with van der Waals surface area (Å²) >= 11 is 0. The minimum absolute atomic E-state index is 0.182.